The highest BCUT2D eigenvalue weighted by atomic mass is 16.5. The molecule has 1 aliphatic heterocycles. The lowest BCUT2D eigenvalue weighted by Gasteiger charge is -2.36. The van der Waals surface area contributed by atoms with Gasteiger partial charge in [-0.15, -0.1) is 0 Å². The molecule has 1 aliphatic rings. The van der Waals surface area contributed by atoms with E-state index in [4.69, 9.17) is 4.74 Å². The number of hydrogen-bond donors (Lipinski definition) is 2. The molecule has 1 fully saturated rings. The van der Waals surface area contributed by atoms with E-state index in [0.29, 0.717) is 50.2 Å². The summed E-state index contributed by atoms with van der Waals surface area (Å²) in [6.45, 7) is 5.74. The second-order valence-corrected chi connectivity index (χ2v) is 8.55. The van der Waals surface area contributed by atoms with Crippen molar-refractivity contribution in [3.05, 3.63) is 70.8 Å². The number of likely N-dealkylation sites (tertiary alicyclic amines) is 1. The average molecular weight is 452 g/mol. The monoisotopic (exact) mass is 451 g/mol. The first-order valence-electron chi connectivity index (χ1n) is 11.4. The molecule has 1 heterocycles. The summed E-state index contributed by atoms with van der Waals surface area (Å²) < 4.78 is 5.02. The Morgan fingerprint density at radius 2 is 1.70 bits per heavy atom. The third-order valence-electron chi connectivity index (χ3n) is 6.16. The van der Waals surface area contributed by atoms with E-state index in [9.17, 15) is 14.4 Å². The lowest BCUT2D eigenvalue weighted by Crippen LogP contribution is -2.54. The topological polar surface area (TPSA) is 87.7 Å². The van der Waals surface area contributed by atoms with Gasteiger partial charge in [0.25, 0.3) is 11.8 Å². The van der Waals surface area contributed by atoms with Crippen LogP contribution in [-0.4, -0.2) is 62.0 Å². The SMILES string of the molecule is COCCNC(=O)C(NC(=O)c1ccc(C)cc1)C1CCN(C(=O)c2ccccc2C)CC1. The van der Waals surface area contributed by atoms with Crippen molar-refractivity contribution in [1.29, 1.82) is 0 Å². The molecule has 0 radical (unpaired) electrons. The van der Waals surface area contributed by atoms with Gasteiger partial charge in [-0.25, -0.2) is 0 Å². The molecular formula is C26H33N3O4. The number of amides is 3. The number of aryl methyl sites for hydroxylation is 2. The quantitative estimate of drug-likeness (QED) is 0.604. The summed E-state index contributed by atoms with van der Waals surface area (Å²) in [6.07, 6.45) is 1.27. The largest absolute Gasteiger partial charge is 0.383 e. The zero-order valence-corrected chi connectivity index (χ0v) is 19.6. The van der Waals surface area contributed by atoms with Crippen molar-refractivity contribution in [2.75, 3.05) is 33.4 Å². The number of rotatable bonds is 8. The van der Waals surface area contributed by atoms with Gasteiger partial charge in [0.2, 0.25) is 5.91 Å². The Morgan fingerprint density at radius 1 is 1.03 bits per heavy atom. The molecule has 2 aromatic carbocycles. The van der Waals surface area contributed by atoms with Gasteiger partial charge in [0.1, 0.15) is 6.04 Å². The lowest BCUT2D eigenvalue weighted by atomic mass is 9.88. The summed E-state index contributed by atoms with van der Waals surface area (Å²) in [4.78, 5) is 40.6. The van der Waals surface area contributed by atoms with E-state index in [1.165, 1.54) is 0 Å². The fraction of sp³-hybridized carbons (Fsp3) is 0.423. The number of methoxy groups -OCH3 is 1. The molecular weight excluding hydrogens is 418 g/mol. The van der Waals surface area contributed by atoms with Crippen LogP contribution in [0.1, 0.15) is 44.7 Å². The molecule has 1 atom stereocenters. The highest BCUT2D eigenvalue weighted by Gasteiger charge is 2.34. The van der Waals surface area contributed by atoms with Crippen molar-refractivity contribution in [2.45, 2.75) is 32.7 Å². The van der Waals surface area contributed by atoms with Gasteiger partial charge in [0.15, 0.2) is 0 Å². The first-order chi connectivity index (χ1) is 15.9. The molecule has 0 aliphatic carbocycles. The van der Waals surface area contributed by atoms with Gasteiger partial charge < -0.3 is 20.3 Å². The Balaban J connectivity index is 1.68. The third-order valence-corrected chi connectivity index (χ3v) is 6.16. The van der Waals surface area contributed by atoms with Crippen LogP contribution in [-0.2, 0) is 9.53 Å². The summed E-state index contributed by atoms with van der Waals surface area (Å²) in [7, 11) is 1.57. The van der Waals surface area contributed by atoms with E-state index < -0.39 is 6.04 Å². The highest BCUT2D eigenvalue weighted by Crippen LogP contribution is 2.23. The van der Waals surface area contributed by atoms with Gasteiger partial charge in [0, 0.05) is 37.9 Å². The molecule has 0 spiro atoms. The van der Waals surface area contributed by atoms with E-state index in [1.54, 1.807) is 19.2 Å². The van der Waals surface area contributed by atoms with E-state index in [-0.39, 0.29) is 23.6 Å². The van der Waals surface area contributed by atoms with Crippen LogP contribution in [0.2, 0.25) is 0 Å². The molecule has 7 heteroatoms. The zero-order chi connectivity index (χ0) is 23.8. The molecule has 2 N–H and O–H groups in total. The average Bonchev–Trinajstić information content (AvgIpc) is 2.83. The van der Waals surface area contributed by atoms with Crippen molar-refractivity contribution in [1.82, 2.24) is 15.5 Å². The first kappa shape index (κ1) is 24.5. The van der Waals surface area contributed by atoms with Crippen LogP contribution < -0.4 is 10.6 Å². The number of hydrogen-bond acceptors (Lipinski definition) is 4. The van der Waals surface area contributed by atoms with Gasteiger partial charge in [-0.3, -0.25) is 14.4 Å². The maximum absolute atomic E-state index is 13.0. The van der Waals surface area contributed by atoms with Gasteiger partial charge in [-0.05, 0) is 56.4 Å². The van der Waals surface area contributed by atoms with Crippen LogP contribution >= 0.6 is 0 Å². The van der Waals surface area contributed by atoms with Crippen LogP contribution in [0, 0.1) is 19.8 Å². The number of benzene rings is 2. The molecule has 0 saturated carbocycles. The molecule has 176 valence electrons. The molecule has 0 bridgehead atoms. The van der Waals surface area contributed by atoms with Crippen LogP contribution in [0.25, 0.3) is 0 Å². The number of nitrogens with one attached hydrogen (secondary N) is 2. The Labute approximate surface area is 195 Å². The Hall–Kier alpha value is -3.19. The van der Waals surface area contributed by atoms with Crippen LogP contribution in [0.15, 0.2) is 48.5 Å². The van der Waals surface area contributed by atoms with Crippen LogP contribution in [0.4, 0.5) is 0 Å². The number of carbonyl (C=O) groups excluding carboxylic acids is 3. The van der Waals surface area contributed by atoms with Crippen molar-refractivity contribution in [3.63, 3.8) is 0 Å². The third kappa shape index (κ3) is 6.42. The standard InChI is InChI=1S/C26H33N3O4/c1-18-8-10-21(11-9-18)24(30)28-23(25(31)27-14-17-33-3)20-12-15-29(16-13-20)26(32)22-7-5-4-6-19(22)2/h4-11,20,23H,12-17H2,1-3H3,(H,27,31)(H,28,30). The second-order valence-electron chi connectivity index (χ2n) is 8.55. The summed E-state index contributed by atoms with van der Waals surface area (Å²) in [5, 5.41) is 5.79. The molecule has 7 nitrogen and oxygen atoms in total. The minimum absolute atomic E-state index is 0.0105. The fourth-order valence-electron chi connectivity index (χ4n) is 4.13. The zero-order valence-electron chi connectivity index (χ0n) is 19.6. The smallest absolute Gasteiger partial charge is 0.254 e. The highest BCUT2D eigenvalue weighted by molar-refractivity contribution is 5.98. The summed E-state index contributed by atoms with van der Waals surface area (Å²) in [5.74, 6) is -0.560. The number of piperidine rings is 1. The first-order valence-corrected chi connectivity index (χ1v) is 11.4. The van der Waals surface area contributed by atoms with Gasteiger partial charge in [-0.1, -0.05) is 35.9 Å². The van der Waals surface area contributed by atoms with Crippen molar-refractivity contribution >= 4 is 17.7 Å². The van der Waals surface area contributed by atoms with Crippen molar-refractivity contribution < 1.29 is 19.1 Å². The Morgan fingerprint density at radius 3 is 2.33 bits per heavy atom. The summed E-state index contributed by atoms with van der Waals surface area (Å²) in [6, 6.07) is 14.2. The maximum Gasteiger partial charge on any atom is 0.254 e. The molecule has 0 aromatic heterocycles. The minimum atomic E-state index is -0.675. The molecule has 1 saturated heterocycles. The number of ether oxygens (including phenoxy) is 1. The molecule has 33 heavy (non-hydrogen) atoms. The van der Waals surface area contributed by atoms with Crippen molar-refractivity contribution in [3.8, 4) is 0 Å². The van der Waals surface area contributed by atoms with E-state index >= 15 is 0 Å². The number of nitrogens with zero attached hydrogens (tertiary/aromatic N) is 1. The molecule has 3 rings (SSSR count). The van der Waals surface area contributed by atoms with Gasteiger partial charge in [-0.2, -0.15) is 0 Å². The Kier molecular flexibility index (Phi) is 8.60. The lowest BCUT2D eigenvalue weighted by molar-refractivity contribution is -0.124. The minimum Gasteiger partial charge on any atom is -0.383 e. The van der Waals surface area contributed by atoms with E-state index in [2.05, 4.69) is 10.6 Å². The van der Waals surface area contributed by atoms with Crippen LogP contribution in [0.3, 0.4) is 0 Å². The van der Waals surface area contributed by atoms with Crippen LogP contribution in [0.5, 0.6) is 0 Å². The Bertz CT molecular complexity index is 966. The van der Waals surface area contributed by atoms with E-state index in [0.717, 1.165) is 11.1 Å². The van der Waals surface area contributed by atoms with Gasteiger partial charge in [0.05, 0.1) is 6.61 Å². The summed E-state index contributed by atoms with van der Waals surface area (Å²) in [5.41, 5.74) is 3.23. The predicted octanol–water partition coefficient (Wildman–Crippen LogP) is 2.72. The second kappa shape index (κ2) is 11.6. The normalized spacial score (nSPS) is 15.1. The molecule has 2 aromatic rings. The molecule has 1 unspecified atom stereocenters. The fourth-order valence-corrected chi connectivity index (χ4v) is 4.13. The van der Waals surface area contributed by atoms with E-state index in [1.807, 2.05) is 55.1 Å². The van der Waals surface area contributed by atoms with Crippen molar-refractivity contribution in [2.24, 2.45) is 5.92 Å². The number of carbonyl (C=O) groups is 3. The molecule has 3 amide bonds. The summed E-state index contributed by atoms with van der Waals surface area (Å²) >= 11 is 0. The predicted molar refractivity (Wildman–Crippen MR) is 127 cm³/mol. The maximum atomic E-state index is 13.0. The van der Waals surface area contributed by atoms with Gasteiger partial charge >= 0.3 is 0 Å².